The highest BCUT2D eigenvalue weighted by molar-refractivity contribution is 7.89. The maximum Gasteiger partial charge on any atom is 0.240 e. The van der Waals surface area contributed by atoms with Crippen LogP contribution in [0.15, 0.2) is 41.8 Å². The molecule has 0 fully saturated rings. The monoisotopic (exact) mass is 225 g/mol. The molecule has 0 amide bonds. The largest absolute Gasteiger partial charge is 0.298 e. The molecule has 1 aromatic carbocycles. The number of aldehydes is 1. The summed E-state index contributed by atoms with van der Waals surface area (Å²) in [5, 5.41) is 0. The van der Waals surface area contributed by atoms with Gasteiger partial charge in [0.1, 0.15) is 6.29 Å². The number of sulfonamides is 1. The van der Waals surface area contributed by atoms with Gasteiger partial charge in [-0.05, 0) is 12.1 Å². The zero-order chi connectivity index (χ0) is 11.3. The van der Waals surface area contributed by atoms with Crippen molar-refractivity contribution in [1.82, 2.24) is 4.72 Å². The molecular weight excluding hydrogens is 214 g/mol. The Morgan fingerprint density at radius 2 is 2.13 bits per heavy atom. The average Bonchev–Trinajstić information content (AvgIpc) is 2.26. The summed E-state index contributed by atoms with van der Waals surface area (Å²) in [5.41, 5.74) is 0.330. The lowest BCUT2D eigenvalue weighted by Gasteiger charge is -2.04. The fourth-order valence-electron chi connectivity index (χ4n) is 1.01. The minimum absolute atomic E-state index is 0.0777. The summed E-state index contributed by atoms with van der Waals surface area (Å²) in [5.74, 6) is 0. The number of carbonyl (C=O) groups excluding carboxylic acids is 1. The van der Waals surface area contributed by atoms with Gasteiger partial charge in [-0.1, -0.05) is 18.2 Å². The topological polar surface area (TPSA) is 63.2 Å². The molecule has 0 aliphatic rings. The van der Waals surface area contributed by atoms with E-state index in [1.54, 1.807) is 6.07 Å². The first-order valence-electron chi connectivity index (χ1n) is 4.26. The summed E-state index contributed by atoms with van der Waals surface area (Å²) in [7, 11) is -3.54. The van der Waals surface area contributed by atoms with E-state index in [-0.39, 0.29) is 11.4 Å². The number of rotatable bonds is 5. The molecule has 0 saturated carbocycles. The van der Waals surface area contributed by atoms with Crippen molar-refractivity contribution < 1.29 is 13.2 Å². The highest BCUT2D eigenvalue weighted by atomic mass is 32.2. The van der Waals surface area contributed by atoms with E-state index < -0.39 is 10.0 Å². The van der Waals surface area contributed by atoms with Crippen LogP contribution in [0.5, 0.6) is 0 Å². The Hall–Kier alpha value is -1.46. The molecule has 0 spiro atoms. The van der Waals surface area contributed by atoms with E-state index in [4.69, 9.17) is 0 Å². The maximum atomic E-state index is 11.6. The summed E-state index contributed by atoms with van der Waals surface area (Å²) in [6.45, 7) is 3.57. The summed E-state index contributed by atoms with van der Waals surface area (Å²) in [4.78, 5) is 10.5. The average molecular weight is 225 g/mol. The third-order valence-corrected chi connectivity index (χ3v) is 3.14. The standard InChI is InChI=1S/C10H11NO3S/c1-2-6-11-15(13,14)10-5-3-4-9(7-10)8-12/h2-5,7-8,11H,1,6H2. The molecular formula is C10H11NO3S. The summed E-state index contributed by atoms with van der Waals surface area (Å²) < 4.78 is 25.5. The van der Waals surface area contributed by atoms with Gasteiger partial charge in [0.2, 0.25) is 10.0 Å². The molecule has 1 N–H and O–H groups in total. The lowest BCUT2D eigenvalue weighted by Crippen LogP contribution is -2.23. The van der Waals surface area contributed by atoms with Gasteiger partial charge in [0.15, 0.2) is 0 Å². The molecule has 1 rings (SSSR count). The van der Waals surface area contributed by atoms with Crippen molar-refractivity contribution in [3.05, 3.63) is 42.5 Å². The Labute approximate surface area is 88.7 Å². The van der Waals surface area contributed by atoms with Crippen LogP contribution in [0, 0.1) is 0 Å². The van der Waals surface area contributed by atoms with Crippen LogP contribution in [0.25, 0.3) is 0 Å². The molecule has 80 valence electrons. The van der Waals surface area contributed by atoms with Crippen molar-refractivity contribution in [2.45, 2.75) is 4.90 Å². The Kier molecular flexibility index (Phi) is 3.76. The molecule has 0 radical (unpaired) electrons. The number of hydrogen-bond acceptors (Lipinski definition) is 3. The lowest BCUT2D eigenvalue weighted by atomic mass is 10.2. The van der Waals surface area contributed by atoms with Crippen molar-refractivity contribution >= 4 is 16.3 Å². The predicted octanol–water partition coefficient (Wildman–Crippen LogP) is 0.963. The number of carbonyl (C=O) groups is 1. The summed E-state index contributed by atoms with van der Waals surface area (Å²) in [6, 6.07) is 5.81. The minimum atomic E-state index is -3.54. The molecule has 0 aliphatic heterocycles. The summed E-state index contributed by atoms with van der Waals surface area (Å²) >= 11 is 0. The first kappa shape index (κ1) is 11.6. The van der Waals surface area contributed by atoms with Crippen molar-refractivity contribution in [3.63, 3.8) is 0 Å². The number of hydrogen-bond donors (Lipinski definition) is 1. The van der Waals surface area contributed by atoms with E-state index in [9.17, 15) is 13.2 Å². The van der Waals surface area contributed by atoms with Gasteiger partial charge < -0.3 is 0 Å². The third-order valence-electron chi connectivity index (χ3n) is 1.72. The van der Waals surface area contributed by atoms with Crippen molar-refractivity contribution in [1.29, 1.82) is 0 Å². The molecule has 4 nitrogen and oxygen atoms in total. The molecule has 0 heterocycles. The zero-order valence-electron chi connectivity index (χ0n) is 8.01. The summed E-state index contributed by atoms with van der Waals surface area (Å²) in [6.07, 6.45) is 2.05. The SMILES string of the molecule is C=CCNS(=O)(=O)c1cccc(C=O)c1. The molecule has 15 heavy (non-hydrogen) atoms. The van der Waals surface area contributed by atoms with E-state index in [0.717, 1.165) is 0 Å². The van der Waals surface area contributed by atoms with Crippen molar-refractivity contribution in [2.24, 2.45) is 0 Å². The number of benzene rings is 1. The first-order valence-corrected chi connectivity index (χ1v) is 5.74. The van der Waals surface area contributed by atoms with Crippen LogP contribution >= 0.6 is 0 Å². The molecule has 0 aliphatic carbocycles. The quantitative estimate of drug-likeness (QED) is 0.599. The van der Waals surface area contributed by atoms with Crippen LogP contribution in [-0.4, -0.2) is 21.2 Å². The molecule has 5 heteroatoms. The first-order chi connectivity index (χ1) is 7.10. The Bertz CT molecular complexity index is 465. The third kappa shape index (κ3) is 3.00. The van der Waals surface area contributed by atoms with E-state index in [0.29, 0.717) is 11.8 Å². The van der Waals surface area contributed by atoms with Gasteiger partial charge in [0.05, 0.1) is 4.90 Å². The Balaban J connectivity index is 3.04. The molecule has 0 unspecified atom stereocenters. The van der Waals surface area contributed by atoms with Gasteiger partial charge in [-0.25, -0.2) is 13.1 Å². The van der Waals surface area contributed by atoms with Gasteiger partial charge in [-0.3, -0.25) is 4.79 Å². The molecule has 0 bridgehead atoms. The zero-order valence-corrected chi connectivity index (χ0v) is 8.83. The smallest absolute Gasteiger partial charge is 0.240 e. The van der Waals surface area contributed by atoms with Crippen LogP contribution in [0.2, 0.25) is 0 Å². The van der Waals surface area contributed by atoms with Crippen LogP contribution < -0.4 is 4.72 Å². The fraction of sp³-hybridized carbons (Fsp3) is 0.100. The van der Waals surface area contributed by atoms with Crippen LogP contribution in [0.4, 0.5) is 0 Å². The van der Waals surface area contributed by atoms with Crippen molar-refractivity contribution in [3.8, 4) is 0 Å². The van der Waals surface area contributed by atoms with Gasteiger partial charge >= 0.3 is 0 Å². The van der Waals surface area contributed by atoms with Crippen LogP contribution in [0.1, 0.15) is 10.4 Å². The number of nitrogens with one attached hydrogen (secondary N) is 1. The van der Waals surface area contributed by atoms with Gasteiger partial charge in [-0.2, -0.15) is 0 Å². The van der Waals surface area contributed by atoms with E-state index in [1.165, 1.54) is 24.3 Å². The second-order valence-corrected chi connectivity index (χ2v) is 4.60. The van der Waals surface area contributed by atoms with E-state index in [1.807, 2.05) is 0 Å². The maximum absolute atomic E-state index is 11.6. The normalized spacial score (nSPS) is 10.9. The lowest BCUT2D eigenvalue weighted by molar-refractivity contribution is 0.112. The predicted molar refractivity (Wildman–Crippen MR) is 57.2 cm³/mol. The van der Waals surface area contributed by atoms with Crippen LogP contribution in [0.3, 0.4) is 0 Å². The van der Waals surface area contributed by atoms with E-state index in [2.05, 4.69) is 11.3 Å². The second-order valence-electron chi connectivity index (χ2n) is 2.83. The highest BCUT2D eigenvalue weighted by Gasteiger charge is 2.12. The van der Waals surface area contributed by atoms with Gasteiger partial charge in [0, 0.05) is 12.1 Å². The molecule has 0 saturated heterocycles. The van der Waals surface area contributed by atoms with Gasteiger partial charge in [-0.15, -0.1) is 6.58 Å². The van der Waals surface area contributed by atoms with Crippen molar-refractivity contribution in [2.75, 3.05) is 6.54 Å². The van der Waals surface area contributed by atoms with Crippen LogP contribution in [-0.2, 0) is 10.0 Å². The van der Waals surface area contributed by atoms with Gasteiger partial charge in [0.25, 0.3) is 0 Å². The molecule has 0 aromatic heterocycles. The molecule has 1 aromatic rings. The fourth-order valence-corrected chi connectivity index (χ4v) is 2.06. The molecule has 0 atom stereocenters. The van der Waals surface area contributed by atoms with E-state index >= 15 is 0 Å². The Morgan fingerprint density at radius 3 is 2.73 bits per heavy atom. The highest BCUT2D eigenvalue weighted by Crippen LogP contribution is 2.09. The minimum Gasteiger partial charge on any atom is -0.298 e. The Morgan fingerprint density at radius 1 is 1.40 bits per heavy atom. The second kappa shape index (κ2) is 4.86.